The first-order valence-electron chi connectivity index (χ1n) is 6.34. The van der Waals surface area contributed by atoms with E-state index in [1.54, 1.807) is 33.5 Å². The van der Waals surface area contributed by atoms with Crippen LogP contribution < -0.4 is 14.2 Å². The van der Waals surface area contributed by atoms with Gasteiger partial charge in [-0.2, -0.15) is 0 Å². The third-order valence-corrected chi connectivity index (χ3v) is 3.68. The molecule has 2 rings (SSSR count). The molecule has 0 spiro atoms. The number of aliphatic hydroxyl groups excluding tert-OH is 1. The molecule has 0 aromatic heterocycles. The minimum absolute atomic E-state index is 0.513. The molecule has 2 aromatic rings. The minimum atomic E-state index is -0.863. The first-order valence-corrected chi connectivity index (χ1v) is 7.13. The molecule has 5 heteroatoms. The van der Waals surface area contributed by atoms with Crippen LogP contribution in [0.3, 0.4) is 0 Å². The fourth-order valence-corrected chi connectivity index (χ4v) is 2.56. The molecule has 0 aliphatic carbocycles. The Bertz CT molecular complexity index is 602. The molecule has 1 unspecified atom stereocenters. The van der Waals surface area contributed by atoms with Gasteiger partial charge in [0.15, 0.2) is 0 Å². The van der Waals surface area contributed by atoms with Gasteiger partial charge in [-0.25, -0.2) is 0 Å². The molecule has 0 radical (unpaired) electrons. The van der Waals surface area contributed by atoms with Gasteiger partial charge in [0, 0.05) is 16.6 Å². The van der Waals surface area contributed by atoms with E-state index in [9.17, 15) is 5.11 Å². The van der Waals surface area contributed by atoms with Crippen LogP contribution in [0.1, 0.15) is 17.2 Å². The Morgan fingerprint density at radius 1 is 0.952 bits per heavy atom. The van der Waals surface area contributed by atoms with Crippen LogP contribution in [-0.2, 0) is 0 Å². The van der Waals surface area contributed by atoms with Crippen LogP contribution in [0, 0.1) is 0 Å². The molecule has 0 bridgehead atoms. The molecule has 4 nitrogen and oxygen atoms in total. The second kappa shape index (κ2) is 6.83. The molecule has 1 N–H and O–H groups in total. The Kier molecular flexibility index (Phi) is 5.09. The number of hydrogen-bond donors (Lipinski definition) is 1. The van der Waals surface area contributed by atoms with E-state index in [4.69, 9.17) is 14.2 Å². The van der Waals surface area contributed by atoms with Crippen LogP contribution in [-0.4, -0.2) is 26.4 Å². The smallest absolute Gasteiger partial charge is 0.132 e. The van der Waals surface area contributed by atoms with Crippen molar-refractivity contribution in [3.63, 3.8) is 0 Å². The highest BCUT2D eigenvalue weighted by atomic mass is 79.9. The van der Waals surface area contributed by atoms with Gasteiger partial charge in [-0.15, -0.1) is 0 Å². The van der Waals surface area contributed by atoms with Crippen molar-refractivity contribution >= 4 is 15.9 Å². The first-order chi connectivity index (χ1) is 10.1. The van der Waals surface area contributed by atoms with Crippen LogP contribution in [0.2, 0.25) is 0 Å². The van der Waals surface area contributed by atoms with E-state index in [-0.39, 0.29) is 0 Å². The van der Waals surface area contributed by atoms with Gasteiger partial charge in [0.05, 0.1) is 26.9 Å². The van der Waals surface area contributed by atoms with E-state index in [0.29, 0.717) is 22.8 Å². The van der Waals surface area contributed by atoms with E-state index in [2.05, 4.69) is 15.9 Å². The normalized spacial score (nSPS) is 11.9. The summed E-state index contributed by atoms with van der Waals surface area (Å²) in [5.41, 5.74) is 1.31. The van der Waals surface area contributed by atoms with Gasteiger partial charge in [-0.1, -0.05) is 28.1 Å². The summed E-state index contributed by atoms with van der Waals surface area (Å²) >= 11 is 3.40. The van der Waals surface area contributed by atoms with Crippen molar-refractivity contribution in [2.45, 2.75) is 6.10 Å². The molecule has 0 fully saturated rings. The fraction of sp³-hybridized carbons (Fsp3) is 0.250. The highest BCUT2D eigenvalue weighted by Crippen LogP contribution is 2.40. The van der Waals surface area contributed by atoms with Crippen LogP contribution in [0.25, 0.3) is 0 Å². The fourth-order valence-electron chi connectivity index (χ4n) is 2.15. The van der Waals surface area contributed by atoms with E-state index >= 15 is 0 Å². The Balaban J connectivity index is 2.55. The van der Waals surface area contributed by atoms with Gasteiger partial charge in [-0.05, 0) is 17.7 Å². The number of hydrogen-bond acceptors (Lipinski definition) is 4. The Hall–Kier alpha value is -1.72. The quantitative estimate of drug-likeness (QED) is 0.893. The zero-order valence-electron chi connectivity index (χ0n) is 12.1. The maximum absolute atomic E-state index is 10.7. The lowest BCUT2D eigenvalue weighted by Crippen LogP contribution is -2.05. The highest BCUT2D eigenvalue weighted by Gasteiger charge is 2.22. The lowest BCUT2D eigenvalue weighted by atomic mass is 9.99. The van der Waals surface area contributed by atoms with Crippen LogP contribution >= 0.6 is 15.9 Å². The van der Waals surface area contributed by atoms with Gasteiger partial charge >= 0.3 is 0 Å². The Labute approximate surface area is 132 Å². The number of ether oxygens (including phenoxy) is 3. The molecular weight excluding hydrogens is 336 g/mol. The molecular formula is C16H17BrO4. The average molecular weight is 353 g/mol. The van der Waals surface area contributed by atoms with Gasteiger partial charge in [0.2, 0.25) is 0 Å². The first kappa shape index (κ1) is 15.7. The topological polar surface area (TPSA) is 47.9 Å². The number of methoxy groups -OCH3 is 3. The third-order valence-electron chi connectivity index (χ3n) is 3.19. The van der Waals surface area contributed by atoms with Gasteiger partial charge in [0.1, 0.15) is 23.4 Å². The summed E-state index contributed by atoms with van der Waals surface area (Å²) < 4.78 is 16.8. The van der Waals surface area contributed by atoms with Crippen molar-refractivity contribution in [1.29, 1.82) is 0 Å². The summed E-state index contributed by atoms with van der Waals surface area (Å²) in [6.07, 6.45) is -0.863. The van der Waals surface area contributed by atoms with E-state index in [1.165, 1.54) is 0 Å². The second-order valence-electron chi connectivity index (χ2n) is 4.40. The molecule has 112 valence electrons. The number of aliphatic hydroxyl groups is 1. The summed E-state index contributed by atoms with van der Waals surface area (Å²) in [4.78, 5) is 0. The maximum atomic E-state index is 10.7. The van der Waals surface area contributed by atoms with Crippen molar-refractivity contribution in [3.8, 4) is 17.2 Å². The monoisotopic (exact) mass is 352 g/mol. The maximum Gasteiger partial charge on any atom is 0.132 e. The lowest BCUT2D eigenvalue weighted by Gasteiger charge is -2.19. The lowest BCUT2D eigenvalue weighted by molar-refractivity contribution is 0.208. The second-order valence-corrected chi connectivity index (χ2v) is 5.32. The van der Waals surface area contributed by atoms with E-state index < -0.39 is 6.10 Å². The van der Waals surface area contributed by atoms with Gasteiger partial charge < -0.3 is 19.3 Å². The van der Waals surface area contributed by atoms with Crippen LogP contribution in [0.15, 0.2) is 40.9 Å². The number of rotatable bonds is 5. The van der Waals surface area contributed by atoms with Crippen molar-refractivity contribution in [2.24, 2.45) is 0 Å². The molecule has 0 heterocycles. The number of benzene rings is 2. The highest BCUT2D eigenvalue weighted by molar-refractivity contribution is 9.10. The Morgan fingerprint density at radius 2 is 1.57 bits per heavy atom. The largest absolute Gasteiger partial charge is 0.496 e. The average Bonchev–Trinajstić information content (AvgIpc) is 2.52. The number of halogens is 1. The van der Waals surface area contributed by atoms with Crippen molar-refractivity contribution < 1.29 is 19.3 Å². The predicted molar refractivity (Wildman–Crippen MR) is 84.3 cm³/mol. The van der Waals surface area contributed by atoms with E-state index in [1.807, 2.05) is 24.3 Å². The van der Waals surface area contributed by atoms with Gasteiger partial charge in [0.25, 0.3) is 0 Å². The summed E-state index contributed by atoms with van der Waals surface area (Å²) in [7, 11) is 4.66. The summed E-state index contributed by atoms with van der Waals surface area (Å²) in [6.45, 7) is 0. The van der Waals surface area contributed by atoms with E-state index in [0.717, 1.165) is 10.0 Å². The summed E-state index contributed by atoms with van der Waals surface area (Å²) in [5.74, 6) is 1.63. The van der Waals surface area contributed by atoms with Crippen molar-refractivity contribution in [1.82, 2.24) is 0 Å². The molecule has 0 saturated carbocycles. The molecule has 21 heavy (non-hydrogen) atoms. The zero-order chi connectivity index (χ0) is 15.4. The van der Waals surface area contributed by atoms with Crippen LogP contribution in [0.4, 0.5) is 0 Å². The Morgan fingerprint density at radius 3 is 2.05 bits per heavy atom. The standard InChI is InChI=1S/C16H17BrO4/c1-19-12-8-13(20-2)15(14(9-12)21-3)16(18)10-5-4-6-11(17)7-10/h4-9,16,18H,1-3H3. The predicted octanol–water partition coefficient (Wildman–Crippen LogP) is 3.56. The third kappa shape index (κ3) is 3.31. The minimum Gasteiger partial charge on any atom is -0.496 e. The van der Waals surface area contributed by atoms with Gasteiger partial charge in [-0.3, -0.25) is 0 Å². The molecule has 1 atom stereocenters. The molecule has 0 aliphatic heterocycles. The molecule has 2 aromatic carbocycles. The summed E-state index contributed by atoms with van der Waals surface area (Å²) in [6, 6.07) is 10.9. The SMILES string of the molecule is COc1cc(OC)c(C(O)c2cccc(Br)c2)c(OC)c1. The summed E-state index contributed by atoms with van der Waals surface area (Å²) in [5, 5.41) is 10.7. The molecule has 0 amide bonds. The van der Waals surface area contributed by atoms with Crippen molar-refractivity contribution in [2.75, 3.05) is 21.3 Å². The zero-order valence-corrected chi connectivity index (χ0v) is 13.7. The van der Waals surface area contributed by atoms with Crippen LogP contribution in [0.5, 0.6) is 17.2 Å². The molecule has 0 aliphatic rings. The van der Waals surface area contributed by atoms with Crippen molar-refractivity contribution in [3.05, 3.63) is 52.0 Å². The molecule has 0 saturated heterocycles.